The van der Waals surface area contributed by atoms with Crippen LogP contribution in [0.25, 0.3) is 11.5 Å². The van der Waals surface area contributed by atoms with Gasteiger partial charge in [-0.3, -0.25) is 4.79 Å². The van der Waals surface area contributed by atoms with E-state index in [1.807, 2.05) is 0 Å². The van der Waals surface area contributed by atoms with Crippen molar-refractivity contribution < 1.29 is 9.21 Å². The molecule has 1 N–H and O–H groups in total. The van der Waals surface area contributed by atoms with Crippen LogP contribution < -0.4 is 5.32 Å². The highest BCUT2D eigenvalue weighted by Gasteiger charge is 2.12. The zero-order valence-electron chi connectivity index (χ0n) is 9.78. The zero-order valence-corrected chi connectivity index (χ0v) is 11.4. The van der Waals surface area contributed by atoms with Gasteiger partial charge in [0.15, 0.2) is 0 Å². The largest absolute Gasteiger partial charge is 0.423 e. The van der Waals surface area contributed by atoms with Crippen molar-refractivity contribution in [1.82, 2.24) is 20.4 Å². The van der Waals surface area contributed by atoms with Crippen LogP contribution in [0, 0.1) is 0 Å². The maximum atomic E-state index is 11.8. The highest BCUT2D eigenvalue weighted by atomic mass is 35.5. The van der Waals surface area contributed by atoms with Gasteiger partial charge in [-0.05, 0) is 35.9 Å². The van der Waals surface area contributed by atoms with Crippen LogP contribution in [0.3, 0.4) is 0 Å². The number of nitrogens with one attached hydrogen (secondary N) is 1. The molecule has 0 saturated heterocycles. The topological polar surface area (TPSA) is 93.8 Å². The summed E-state index contributed by atoms with van der Waals surface area (Å²) in [6.45, 7) is 0. The van der Waals surface area contributed by atoms with E-state index < -0.39 is 0 Å². The molecule has 20 heavy (non-hydrogen) atoms. The van der Waals surface area contributed by atoms with Crippen molar-refractivity contribution in [2.45, 2.75) is 0 Å². The van der Waals surface area contributed by atoms with Gasteiger partial charge in [0.1, 0.15) is 0 Å². The molecule has 0 fully saturated rings. The van der Waals surface area contributed by atoms with Crippen molar-refractivity contribution in [3.63, 3.8) is 0 Å². The Morgan fingerprint density at radius 2 is 2.00 bits per heavy atom. The fourth-order valence-corrected chi connectivity index (χ4v) is 2.20. The summed E-state index contributed by atoms with van der Waals surface area (Å²) in [6.07, 6.45) is 1.25. The normalized spacial score (nSPS) is 10.4. The third-order valence-electron chi connectivity index (χ3n) is 2.34. The van der Waals surface area contributed by atoms with E-state index in [0.717, 1.165) is 16.9 Å². The van der Waals surface area contributed by atoms with Crippen LogP contribution >= 0.6 is 22.9 Å². The number of aromatic nitrogens is 4. The number of rotatable bonds is 3. The molecule has 2 heterocycles. The van der Waals surface area contributed by atoms with Gasteiger partial charge in [0.05, 0.1) is 0 Å². The number of carbonyl (C=O) groups is 1. The first-order valence-corrected chi connectivity index (χ1v) is 6.59. The molecule has 3 aromatic rings. The van der Waals surface area contributed by atoms with Gasteiger partial charge in [-0.2, -0.15) is 0 Å². The van der Waals surface area contributed by atoms with Crippen molar-refractivity contribution in [1.29, 1.82) is 0 Å². The first-order valence-electron chi connectivity index (χ1n) is 5.39. The van der Waals surface area contributed by atoms with Crippen molar-refractivity contribution >= 4 is 34.5 Å². The van der Waals surface area contributed by atoms with Crippen LogP contribution in [-0.4, -0.2) is 26.3 Å². The van der Waals surface area contributed by atoms with E-state index in [1.54, 1.807) is 24.3 Å². The minimum absolute atomic E-state index is 0.205. The van der Waals surface area contributed by atoms with Gasteiger partial charge in [-0.15, -0.1) is 20.4 Å². The molecule has 1 amide bonds. The van der Waals surface area contributed by atoms with E-state index in [0.29, 0.717) is 11.6 Å². The second-order valence-electron chi connectivity index (χ2n) is 3.64. The van der Waals surface area contributed by atoms with E-state index in [2.05, 4.69) is 25.7 Å². The summed E-state index contributed by atoms with van der Waals surface area (Å²) in [5, 5.41) is 17.5. The molecule has 9 heteroatoms. The van der Waals surface area contributed by atoms with E-state index in [1.165, 1.54) is 6.39 Å². The highest BCUT2D eigenvalue weighted by molar-refractivity contribution is 7.17. The van der Waals surface area contributed by atoms with E-state index in [-0.39, 0.29) is 15.4 Å². The lowest BCUT2D eigenvalue weighted by molar-refractivity contribution is 0.102. The quantitative estimate of drug-likeness (QED) is 0.799. The van der Waals surface area contributed by atoms with Crippen molar-refractivity contribution in [2.75, 3.05) is 5.32 Å². The SMILES string of the molecule is O=C(Nc1ccc(-c2nnco2)cc1)c1nnc(Cl)s1. The number of carbonyl (C=O) groups excluding carboxylic acids is 1. The Labute approximate surface area is 121 Å². The van der Waals surface area contributed by atoms with Gasteiger partial charge in [-0.25, -0.2) is 0 Å². The number of amides is 1. The van der Waals surface area contributed by atoms with Crippen LogP contribution in [-0.2, 0) is 0 Å². The molecule has 0 aliphatic heterocycles. The van der Waals surface area contributed by atoms with E-state index in [4.69, 9.17) is 16.0 Å². The van der Waals surface area contributed by atoms with Gasteiger partial charge in [0, 0.05) is 11.3 Å². The lowest BCUT2D eigenvalue weighted by Gasteiger charge is -2.02. The molecule has 0 radical (unpaired) electrons. The predicted molar refractivity (Wildman–Crippen MR) is 72.6 cm³/mol. The van der Waals surface area contributed by atoms with Gasteiger partial charge >= 0.3 is 0 Å². The number of anilines is 1. The Hall–Kier alpha value is -2.32. The number of nitrogens with zero attached hydrogens (tertiary/aromatic N) is 4. The third-order valence-corrected chi connectivity index (χ3v) is 3.36. The summed E-state index contributed by atoms with van der Waals surface area (Å²) in [4.78, 5) is 11.8. The third kappa shape index (κ3) is 2.65. The molecule has 2 aromatic heterocycles. The summed E-state index contributed by atoms with van der Waals surface area (Å²) >= 11 is 6.64. The highest BCUT2D eigenvalue weighted by Crippen LogP contribution is 2.20. The van der Waals surface area contributed by atoms with Crippen molar-refractivity contribution in [3.8, 4) is 11.5 Å². The monoisotopic (exact) mass is 307 g/mol. The van der Waals surface area contributed by atoms with Gasteiger partial charge in [-0.1, -0.05) is 11.3 Å². The fraction of sp³-hybridized carbons (Fsp3) is 0. The Bertz CT molecular complexity index is 726. The molecule has 1 aromatic carbocycles. The number of hydrogen-bond acceptors (Lipinski definition) is 7. The standard InChI is InChI=1S/C11H6ClN5O2S/c12-11-17-16-10(20-11)8(18)14-7-3-1-6(2-4-7)9-15-13-5-19-9/h1-5H,(H,14,18). The molecular weight excluding hydrogens is 302 g/mol. The van der Waals surface area contributed by atoms with E-state index in [9.17, 15) is 4.79 Å². The lowest BCUT2D eigenvalue weighted by Crippen LogP contribution is -2.11. The molecule has 0 aliphatic rings. The van der Waals surface area contributed by atoms with Crippen LogP contribution in [0.4, 0.5) is 5.69 Å². The maximum Gasteiger partial charge on any atom is 0.286 e. The predicted octanol–water partition coefficient (Wildman–Crippen LogP) is 2.49. The van der Waals surface area contributed by atoms with E-state index >= 15 is 0 Å². The first-order chi connectivity index (χ1) is 9.72. The second-order valence-corrected chi connectivity index (χ2v) is 5.20. The van der Waals surface area contributed by atoms with Gasteiger partial charge in [0.2, 0.25) is 21.8 Å². The molecule has 0 atom stereocenters. The lowest BCUT2D eigenvalue weighted by atomic mass is 10.2. The van der Waals surface area contributed by atoms with Gasteiger partial charge in [0.25, 0.3) is 5.91 Å². The summed E-state index contributed by atoms with van der Waals surface area (Å²) in [7, 11) is 0. The molecular formula is C11H6ClN5O2S. The molecule has 7 nitrogen and oxygen atoms in total. The van der Waals surface area contributed by atoms with Gasteiger partial charge < -0.3 is 9.73 Å². The number of hydrogen-bond donors (Lipinski definition) is 1. The van der Waals surface area contributed by atoms with Crippen LogP contribution in [0.15, 0.2) is 35.1 Å². The molecule has 100 valence electrons. The van der Waals surface area contributed by atoms with Crippen molar-refractivity contribution in [3.05, 3.63) is 40.1 Å². The molecule has 0 aliphatic carbocycles. The first kappa shape index (κ1) is 12.7. The Morgan fingerprint density at radius 1 is 1.20 bits per heavy atom. The van der Waals surface area contributed by atoms with Crippen LogP contribution in [0.1, 0.15) is 9.80 Å². The average molecular weight is 308 g/mol. The maximum absolute atomic E-state index is 11.8. The molecule has 0 unspecified atom stereocenters. The molecule has 0 saturated carbocycles. The van der Waals surface area contributed by atoms with Crippen LogP contribution in [0.5, 0.6) is 0 Å². The summed E-state index contributed by atoms with van der Waals surface area (Å²) in [5.41, 5.74) is 1.38. The van der Waals surface area contributed by atoms with Crippen LogP contribution in [0.2, 0.25) is 4.47 Å². The fourth-order valence-electron chi connectivity index (χ4n) is 1.48. The molecule has 3 rings (SSSR count). The number of halogens is 1. The molecule has 0 bridgehead atoms. The Kier molecular flexibility index (Phi) is 3.40. The summed E-state index contributed by atoms with van der Waals surface area (Å²) < 4.78 is 5.30. The second kappa shape index (κ2) is 5.35. The smallest absolute Gasteiger partial charge is 0.286 e. The minimum atomic E-state index is -0.361. The minimum Gasteiger partial charge on any atom is -0.423 e. The number of benzene rings is 1. The molecule has 0 spiro atoms. The average Bonchev–Trinajstić information content (AvgIpc) is 3.10. The Morgan fingerprint density at radius 3 is 2.60 bits per heavy atom. The Balaban J connectivity index is 1.74. The van der Waals surface area contributed by atoms with Crippen molar-refractivity contribution in [2.24, 2.45) is 0 Å². The summed E-state index contributed by atoms with van der Waals surface area (Å²) in [5.74, 6) is 0.0544. The summed E-state index contributed by atoms with van der Waals surface area (Å²) in [6, 6.07) is 6.96. The zero-order chi connectivity index (χ0) is 13.9.